The van der Waals surface area contributed by atoms with Crippen LogP contribution in [0.2, 0.25) is 0 Å². The summed E-state index contributed by atoms with van der Waals surface area (Å²) in [4.78, 5) is 28.7. The molecule has 3 aromatic heterocycles. The minimum absolute atomic E-state index is 0.0718. The molecule has 1 atom stereocenters. The molecule has 168 valence electrons. The number of carbonyl (C=O) groups excluding carboxylic acids is 1. The lowest BCUT2D eigenvalue weighted by molar-refractivity contribution is -0.116. The van der Waals surface area contributed by atoms with Gasteiger partial charge in [-0.05, 0) is 34.5 Å². The van der Waals surface area contributed by atoms with E-state index in [1.54, 1.807) is 6.08 Å². The van der Waals surface area contributed by atoms with Gasteiger partial charge in [0.05, 0.1) is 27.7 Å². The van der Waals surface area contributed by atoms with Gasteiger partial charge in [0.25, 0.3) is 11.5 Å². The summed E-state index contributed by atoms with van der Waals surface area (Å²) in [6.07, 6.45) is 1.79. The summed E-state index contributed by atoms with van der Waals surface area (Å²) in [6, 6.07) is 19.3. The number of rotatable bonds is 5. The number of carbonyl (C=O) groups is 1. The minimum Gasteiger partial charge on any atom is -0.384 e. The number of aromatic nitrogens is 1. The largest absolute Gasteiger partial charge is 0.384 e. The molecule has 9 heteroatoms. The highest BCUT2D eigenvalue weighted by atomic mass is 32.1. The summed E-state index contributed by atoms with van der Waals surface area (Å²) in [5.41, 5.74) is 7.56. The van der Waals surface area contributed by atoms with E-state index in [0.717, 1.165) is 15.3 Å². The maximum Gasteiger partial charge on any atom is 0.274 e. The third-order valence-electron chi connectivity index (χ3n) is 5.45. The number of thiophene rings is 2. The normalized spacial score (nSPS) is 15.8. The molecule has 1 unspecified atom stereocenters. The number of thiazole rings is 1. The van der Waals surface area contributed by atoms with Crippen molar-refractivity contribution in [2.24, 2.45) is 5.73 Å². The highest BCUT2D eigenvalue weighted by Crippen LogP contribution is 2.38. The Hall–Kier alpha value is -3.71. The van der Waals surface area contributed by atoms with E-state index in [1.165, 1.54) is 38.6 Å². The second kappa shape index (κ2) is 9.27. The zero-order valence-corrected chi connectivity index (χ0v) is 20.2. The second-order valence-corrected chi connectivity index (χ2v) is 10.5. The van der Waals surface area contributed by atoms with E-state index in [4.69, 9.17) is 5.73 Å². The molecule has 0 bridgehead atoms. The molecule has 0 radical (unpaired) electrons. The Balaban J connectivity index is 1.73. The highest BCUT2D eigenvalue weighted by Gasteiger charge is 2.36. The van der Waals surface area contributed by atoms with Crippen LogP contribution in [0.15, 0.2) is 75.7 Å². The maximum atomic E-state index is 13.6. The smallest absolute Gasteiger partial charge is 0.274 e. The molecule has 1 aliphatic rings. The van der Waals surface area contributed by atoms with Crippen LogP contribution in [0.25, 0.3) is 17.5 Å². The predicted molar refractivity (Wildman–Crippen MR) is 137 cm³/mol. The molecule has 5 rings (SSSR count). The fourth-order valence-electron chi connectivity index (χ4n) is 3.88. The summed E-state index contributed by atoms with van der Waals surface area (Å²) in [6.45, 7) is 0.325. The maximum absolute atomic E-state index is 13.6. The number of hydrogen-bond acceptors (Lipinski definition) is 7. The lowest BCUT2D eigenvalue weighted by Crippen LogP contribution is -2.41. The predicted octanol–water partition coefficient (Wildman–Crippen LogP) is 2.78. The van der Waals surface area contributed by atoms with E-state index < -0.39 is 5.92 Å². The van der Waals surface area contributed by atoms with E-state index in [0.29, 0.717) is 21.3 Å². The van der Waals surface area contributed by atoms with Crippen molar-refractivity contribution in [1.29, 1.82) is 5.26 Å². The molecule has 34 heavy (non-hydrogen) atoms. The van der Waals surface area contributed by atoms with Crippen molar-refractivity contribution in [2.45, 2.75) is 12.5 Å². The number of fused-ring (bicyclic) bond motifs is 1. The zero-order valence-electron chi connectivity index (χ0n) is 17.7. The Bertz CT molecular complexity index is 1600. The number of benzene rings is 1. The molecule has 0 aliphatic carbocycles. The van der Waals surface area contributed by atoms with E-state index in [9.17, 15) is 14.9 Å². The number of hydrogen-bond donors (Lipinski definition) is 2. The van der Waals surface area contributed by atoms with Gasteiger partial charge in [0, 0.05) is 16.3 Å². The molecular weight excluding hydrogens is 485 g/mol. The fourth-order valence-corrected chi connectivity index (χ4v) is 6.62. The highest BCUT2D eigenvalue weighted by molar-refractivity contribution is 7.11. The van der Waals surface area contributed by atoms with E-state index in [2.05, 4.69) is 11.4 Å². The number of nitriles is 1. The summed E-state index contributed by atoms with van der Waals surface area (Å²) in [5, 5.41) is 16.8. The number of nitrogens with two attached hydrogens (primary N) is 1. The van der Waals surface area contributed by atoms with Crippen molar-refractivity contribution < 1.29 is 4.79 Å². The van der Waals surface area contributed by atoms with Crippen molar-refractivity contribution >= 4 is 57.4 Å². The SMILES string of the molecule is N#CC1=C(N)n2c(s/c(=C\c3cccs3)c2=O)=C(C(=O)NCc2ccccc2)C1c1cccs1. The van der Waals surface area contributed by atoms with Crippen LogP contribution in [-0.4, -0.2) is 10.5 Å². The van der Waals surface area contributed by atoms with Gasteiger partial charge in [-0.1, -0.05) is 42.5 Å². The first-order valence-corrected chi connectivity index (χ1v) is 12.9. The molecule has 1 aromatic carbocycles. The van der Waals surface area contributed by atoms with Crippen molar-refractivity contribution in [2.75, 3.05) is 0 Å². The molecular formula is C25H18N4O2S3. The Morgan fingerprint density at radius 2 is 1.88 bits per heavy atom. The Labute approximate surface area is 206 Å². The number of nitrogens with one attached hydrogen (secondary N) is 1. The van der Waals surface area contributed by atoms with Crippen LogP contribution >= 0.6 is 34.0 Å². The van der Waals surface area contributed by atoms with Gasteiger partial charge in [0.2, 0.25) is 0 Å². The summed E-state index contributed by atoms with van der Waals surface area (Å²) in [5.74, 6) is -0.906. The van der Waals surface area contributed by atoms with Crippen LogP contribution in [0.1, 0.15) is 21.2 Å². The van der Waals surface area contributed by atoms with Crippen LogP contribution in [0.3, 0.4) is 0 Å². The molecule has 0 saturated heterocycles. The molecule has 0 spiro atoms. The molecule has 1 aliphatic heterocycles. The molecule has 3 N–H and O–H groups in total. The average Bonchev–Trinajstić information content (AvgIpc) is 3.61. The molecule has 1 amide bonds. The third-order valence-corrected chi connectivity index (χ3v) is 8.32. The van der Waals surface area contributed by atoms with Crippen LogP contribution in [0.5, 0.6) is 0 Å². The number of allylic oxidation sites excluding steroid dienone is 1. The van der Waals surface area contributed by atoms with Crippen molar-refractivity contribution in [3.8, 4) is 6.07 Å². The van der Waals surface area contributed by atoms with Gasteiger partial charge in [-0.15, -0.1) is 34.0 Å². The zero-order chi connectivity index (χ0) is 23.7. The van der Waals surface area contributed by atoms with Gasteiger partial charge in [-0.25, -0.2) is 0 Å². The quantitative estimate of drug-likeness (QED) is 0.438. The van der Waals surface area contributed by atoms with Gasteiger partial charge in [0.15, 0.2) is 0 Å². The van der Waals surface area contributed by atoms with Gasteiger partial charge in [0.1, 0.15) is 10.5 Å². The molecule has 4 aromatic rings. The monoisotopic (exact) mass is 502 g/mol. The first-order valence-electron chi connectivity index (χ1n) is 10.4. The van der Waals surface area contributed by atoms with Crippen LogP contribution in [0, 0.1) is 11.3 Å². The van der Waals surface area contributed by atoms with E-state index in [-0.39, 0.29) is 22.9 Å². The molecule has 0 fully saturated rings. The standard InChI is InChI=1S/C25H18N4O2S3/c26-13-17-20(18-9-5-11-33-18)21(23(30)28-14-15-6-2-1-3-7-15)25-29(22(17)27)24(31)19(34-25)12-16-8-4-10-32-16/h1-12,20H,14,27H2,(H,28,30)/b19-12-. The topological polar surface area (TPSA) is 101 Å². The summed E-state index contributed by atoms with van der Waals surface area (Å²) >= 11 is 4.18. The second-order valence-electron chi connectivity index (χ2n) is 7.51. The lowest BCUT2D eigenvalue weighted by atomic mass is 9.88. The van der Waals surface area contributed by atoms with Crippen molar-refractivity contribution in [3.63, 3.8) is 0 Å². The van der Waals surface area contributed by atoms with Crippen LogP contribution in [0.4, 0.5) is 0 Å². The molecule has 0 saturated carbocycles. The van der Waals surface area contributed by atoms with E-state index in [1.807, 2.05) is 65.4 Å². The van der Waals surface area contributed by atoms with Crippen LogP contribution < -0.4 is 25.8 Å². The minimum atomic E-state index is -0.645. The van der Waals surface area contributed by atoms with Crippen molar-refractivity contribution in [3.05, 3.63) is 106 Å². The fraction of sp³-hybridized carbons (Fsp3) is 0.0800. The van der Waals surface area contributed by atoms with Gasteiger partial charge >= 0.3 is 0 Å². The van der Waals surface area contributed by atoms with E-state index >= 15 is 0 Å². The molecule has 4 heterocycles. The Morgan fingerprint density at radius 1 is 1.12 bits per heavy atom. The van der Waals surface area contributed by atoms with Gasteiger partial charge < -0.3 is 11.1 Å². The van der Waals surface area contributed by atoms with Crippen molar-refractivity contribution in [1.82, 2.24) is 9.88 Å². The lowest BCUT2D eigenvalue weighted by Gasteiger charge is -2.24. The first kappa shape index (κ1) is 22.1. The van der Waals surface area contributed by atoms with Gasteiger partial charge in [-0.2, -0.15) is 5.26 Å². The first-order chi connectivity index (χ1) is 16.6. The Kier molecular flexibility index (Phi) is 6.02. The summed E-state index contributed by atoms with van der Waals surface area (Å²) in [7, 11) is 0. The number of nitrogens with zero attached hydrogens (tertiary/aromatic N) is 2. The average molecular weight is 503 g/mol. The molecule has 6 nitrogen and oxygen atoms in total. The summed E-state index contributed by atoms with van der Waals surface area (Å²) < 4.78 is 2.22. The van der Waals surface area contributed by atoms with Crippen LogP contribution in [-0.2, 0) is 11.3 Å². The third kappa shape index (κ3) is 3.92. The number of amides is 1. The van der Waals surface area contributed by atoms with Gasteiger partial charge in [-0.3, -0.25) is 14.2 Å². The Morgan fingerprint density at radius 3 is 2.56 bits per heavy atom.